The molecule has 0 unspecified atom stereocenters. The molecule has 1 heterocycles. The van der Waals surface area contributed by atoms with Crippen LogP contribution in [0.25, 0.3) is 11.5 Å². The standard InChI is InChI=1S/C14H14BrN3O2S/c1-8(12(19)16-11-6-7-11)21-14-18-17-13(20-14)9-2-4-10(15)5-3-9/h2-5,8,11H,6-7H2,1H3,(H,16,19)/t8-/m0/s1. The normalized spacial score (nSPS) is 15.7. The lowest BCUT2D eigenvalue weighted by Crippen LogP contribution is -2.32. The van der Waals surface area contributed by atoms with Gasteiger partial charge in [0.25, 0.3) is 5.22 Å². The van der Waals surface area contributed by atoms with Crippen LogP contribution in [0.3, 0.4) is 0 Å². The summed E-state index contributed by atoms with van der Waals surface area (Å²) in [5.74, 6) is 0.477. The Kier molecular flexibility index (Phi) is 4.30. The summed E-state index contributed by atoms with van der Waals surface area (Å²) in [6.45, 7) is 1.84. The summed E-state index contributed by atoms with van der Waals surface area (Å²) in [5.41, 5.74) is 0.854. The third kappa shape index (κ3) is 3.85. The first-order valence-electron chi connectivity index (χ1n) is 6.68. The van der Waals surface area contributed by atoms with Gasteiger partial charge in [-0.3, -0.25) is 4.79 Å². The number of rotatable bonds is 5. The van der Waals surface area contributed by atoms with Crippen LogP contribution in [-0.2, 0) is 4.79 Å². The highest BCUT2D eigenvalue weighted by molar-refractivity contribution is 9.10. The van der Waals surface area contributed by atoms with E-state index in [0.29, 0.717) is 17.2 Å². The van der Waals surface area contributed by atoms with Gasteiger partial charge in [0, 0.05) is 16.1 Å². The highest BCUT2D eigenvalue weighted by Gasteiger charge is 2.27. The molecule has 1 amide bonds. The molecule has 1 aliphatic carbocycles. The Labute approximate surface area is 135 Å². The highest BCUT2D eigenvalue weighted by atomic mass is 79.9. The Hall–Kier alpha value is -1.34. The maximum absolute atomic E-state index is 11.9. The predicted octanol–water partition coefficient (Wildman–Crippen LogP) is 3.26. The minimum atomic E-state index is -0.246. The minimum absolute atomic E-state index is 0.0193. The number of aromatic nitrogens is 2. The third-order valence-corrected chi connectivity index (χ3v) is 4.53. The second-order valence-electron chi connectivity index (χ2n) is 4.92. The summed E-state index contributed by atoms with van der Waals surface area (Å²) < 4.78 is 6.59. The molecule has 7 heteroatoms. The first kappa shape index (κ1) is 14.6. The maximum Gasteiger partial charge on any atom is 0.277 e. The summed E-state index contributed by atoms with van der Waals surface area (Å²) in [5, 5.41) is 11.1. The molecule has 0 radical (unpaired) electrons. The number of nitrogens with one attached hydrogen (secondary N) is 1. The molecule has 0 spiro atoms. The van der Waals surface area contributed by atoms with Crippen LogP contribution in [0.2, 0.25) is 0 Å². The van der Waals surface area contributed by atoms with Crippen molar-refractivity contribution in [3.05, 3.63) is 28.7 Å². The van der Waals surface area contributed by atoms with Gasteiger partial charge in [-0.15, -0.1) is 10.2 Å². The molecule has 1 N–H and O–H groups in total. The molecule has 1 aliphatic rings. The molecule has 0 bridgehead atoms. The zero-order valence-corrected chi connectivity index (χ0v) is 13.8. The van der Waals surface area contributed by atoms with Crippen molar-refractivity contribution >= 4 is 33.6 Å². The summed E-state index contributed by atoms with van der Waals surface area (Å²) in [6, 6.07) is 7.99. The van der Waals surface area contributed by atoms with Gasteiger partial charge in [-0.1, -0.05) is 27.7 Å². The van der Waals surface area contributed by atoms with Crippen molar-refractivity contribution < 1.29 is 9.21 Å². The number of thioether (sulfide) groups is 1. The predicted molar refractivity (Wildman–Crippen MR) is 83.9 cm³/mol. The van der Waals surface area contributed by atoms with Gasteiger partial charge in [0.1, 0.15) is 0 Å². The Bertz CT molecular complexity index is 640. The molecule has 1 fully saturated rings. The van der Waals surface area contributed by atoms with E-state index in [-0.39, 0.29) is 11.2 Å². The van der Waals surface area contributed by atoms with Crippen molar-refractivity contribution in [1.82, 2.24) is 15.5 Å². The lowest BCUT2D eigenvalue weighted by atomic mass is 10.2. The monoisotopic (exact) mass is 367 g/mol. The fourth-order valence-corrected chi connectivity index (χ4v) is 2.67. The van der Waals surface area contributed by atoms with Crippen LogP contribution in [0.15, 0.2) is 38.4 Å². The van der Waals surface area contributed by atoms with Crippen LogP contribution in [0.4, 0.5) is 0 Å². The van der Waals surface area contributed by atoms with Crippen molar-refractivity contribution in [2.75, 3.05) is 0 Å². The van der Waals surface area contributed by atoms with Gasteiger partial charge in [-0.2, -0.15) is 0 Å². The molecule has 1 atom stereocenters. The van der Waals surface area contributed by atoms with E-state index >= 15 is 0 Å². The maximum atomic E-state index is 11.9. The van der Waals surface area contributed by atoms with E-state index in [1.807, 2.05) is 31.2 Å². The van der Waals surface area contributed by atoms with Gasteiger partial charge in [-0.25, -0.2) is 0 Å². The van der Waals surface area contributed by atoms with Crippen molar-refractivity contribution in [3.63, 3.8) is 0 Å². The molecule has 0 aliphatic heterocycles. The molecule has 21 heavy (non-hydrogen) atoms. The number of benzene rings is 1. The average Bonchev–Trinajstić information content (AvgIpc) is 3.16. The fraction of sp³-hybridized carbons (Fsp3) is 0.357. The summed E-state index contributed by atoms with van der Waals surface area (Å²) >= 11 is 4.66. The van der Waals surface area contributed by atoms with Crippen molar-refractivity contribution in [1.29, 1.82) is 0 Å². The molecule has 1 saturated carbocycles. The zero-order valence-electron chi connectivity index (χ0n) is 11.4. The van der Waals surface area contributed by atoms with Crippen LogP contribution in [0.5, 0.6) is 0 Å². The van der Waals surface area contributed by atoms with Crippen LogP contribution >= 0.6 is 27.7 Å². The quantitative estimate of drug-likeness (QED) is 0.821. The Morgan fingerprint density at radius 3 is 2.76 bits per heavy atom. The Balaban J connectivity index is 1.64. The summed E-state index contributed by atoms with van der Waals surface area (Å²) in [6.07, 6.45) is 2.16. The molecular formula is C14H14BrN3O2S. The highest BCUT2D eigenvalue weighted by Crippen LogP contribution is 2.27. The van der Waals surface area contributed by atoms with Gasteiger partial charge >= 0.3 is 0 Å². The topological polar surface area (TPSA) is 68.0 Å². The van der Waals surface area contributed by atoms with Gasteiger partial charge in [0.05, 0.1) is 5.25 Å². The number of hydrogen-bond donors (Lipinski definition) is 1. The lowest BCUT2D eigenvalue weighted by Gasteiger charge is -2.08. The third-order valence-electron chi connectivity index (χ3n) is 3.07. The number of amides is 1. The first-order valence-corrected chi connectivity index (χ1v) is 8.35. The van der Waals surface area contributed by atoms with E-state index in [9.17, 15) is 4.79 Å². The average molecular weight is 368 g/mol. The number of hydrogen-bond acceptors (Lipinski definition) is 5. The second kappa shape index (κ2) is 6.19. The van der Waals surface area contributed by atoms with E-state index in [1.54, 1.807) is 0 Å². The van der Waals surface area contributed by atoms with Crippen molar-refractivity contribution in [2.45, 2.75) is 36.3 Å². The Morgan fingerprint density at radius 2 is 2.10 bits per heavy atom. The molecule has 2 aromatic rings. The second-order valence-corrected chi connectivity index (χ2v) is 7.13. The molecule has 1 aromatic carbocycles. The molecule has 1 aromatic heterocycles. The van der Waals surface area contributed by atoms with Crippen LogP contribution < -0.4 is 5.32 Å². The molecule has 110 valence electrons. The number of carbonyl (C=O) groups excluding carboxylic acids is 1. The zero-order chi connectivity index (χ0) is 14.8. The van der Waals surface area contributed by atoms with Crippen molar-refractivity contribution in [2.24, 2.45) is 0 Å². The summed E-state index contributed by atoms with van der Waals surface area (Å²) in [7, 11) is 0. The largest absolute Gasteiger partial charge is 0.411 e. The number of nitrogens with zero attached hydrogens (tertiary/aromatic N) is 2. The van der Waals surface area contributed by atoms with E-state index in [1.165, 1.54) is 11.8 Å². The van der Waals surface area contributed by atoms with Gasteiger partial charge in [0.15, 0.2) is 0 Å². The van der Waals surface area contributed by atoms with Crippen LogP contribution in [0, 0.1) is 0 Å². The smallest absolute Gasteiger partial charge is 0.277 e. The van der Waals surface area contributed by atoms with Gasteiger partial charge in [0.2, 0.25) is 11.8 Å². The molecule has 5 nitrogen and oxygen atoms in total. The Morgan fingerprint density at radius 1 is 1.38 bits per heavy atom. The molecular weight excluding hydrogens is 354 g/mol. The van der Waals surface area contributed by atoms with E-state index in [2.05, 4.69) is 31.4 Å². The number of carbonyl (C=O) groups is 1. The fourth-order valence-electron chi connectivity index (χ4n) is 1.72. The molecule has 0 saturated heterocycles. The first-order chi connectivity index (χ1) is 10.1. The minimum Gasteiger partial charge on any atom is -0.411 e. The van der Waals surface area contributed by atoms with E-state index < -0.39 is 0 Å². The van der Waals surface area contributed by atoms with Crippen LogP contribution in [0.1, 0.15) is 19.8 Å². The van der Waals surface area contributed by atoms with Crippen LogP contribution in [-0.4, -0.2) is 27.4 Å². The van der Waals surface area contributed by atoms with E-state index in [4.69, 9.17) is 4.42 Å². The molecule has 3 rings (SSSR count). The van der Waals surface area contributed by atoms with Gasteiger partial charge < -0.3 is 9.73 Å². The van der Waals surface area contributed by atoms with Crippen molar-refractivity contribution in [3.8, 4) is 11.5 Å². The summed E-state index contributed by atoms with van der Waals surface area (Å²) in [4.78, 5) is 11.9. The van der Waals surface area contributed by atoms with Gasteiger partial charge in [-0.05, 0) is 44.0 Å². The SMILES string of the molecule is C[C@H](Sc1nnc(-c2ccc(Br)cc2)o1)C(=O)NC1CC1. The number of halogens is 1. The lowest BCUT2D eigenvalue weighted by molar-refractivity contribution is -0.120. The van der Waals surface area contributed by atoms with E-state index in [0.717, 1.165) is 22.9 Å².